The van der Waals surface area contributed by atoms with Gasteiger partial charge in [0.15, 0.2) is 0 Å². The first-order chi connectivity index (χ1) is 12.4. The van der Waals surface area contributed by atoms with Crippen LogP contribution in [0.3, 0.4) is 0 Å². The fraction of sp³-hybridized carbons (Fsp3) is 0.250. The predicted molar refractivity (Wildman–Crippen MR) is 94.1 cm³/mol. The third-order valence-corrected chi connectivity index (χ3v) is 3.59. The fourth-order valence-corrected chi connectivity index (χ4v) is 2.11. The molecule has 0 saturated carbocycles. The van der Waals surface area contributed by atoms with Crippen LogP contribution >= 0.6 is 0 Å². The summed E-state index contributed by atoms with van der Waals surface area (Å²) in [4.78, 5) is 35.4. The lowest BCUT2D eigenvalue weighted by molar-refractivity contribution is 0.00447. The van der Waals surface area contributed by atoms with Gasteiger partial charge in [0, 0.05) is 0 Å². The highest BCUT2D eigenvalue weighted by Gasteiger charge is 2.15. The van der Waals surface area contributed by atoms with Crippen molar-refractivity contribution in [3.05, 3.63) is 70.8 Å². The topological polar surface area (TPSA) is 78.9 Å². The van der Waals surface area contributed by atoms with E-state index < -0.39 is 24.0 Å². The van der Waals surface area contributed by atoms with Gasteiger partial charge in [0.05, 0.1) is 23.8 Å². The maximum Gasteiger partial charge on any atom is 0.338 e. The Bertz CT molecular complexity index is 777. The van der Waals surface area contributed by atoms with Crippen LogP contribution in [0.25, 0.3) is 0 Å². The first-order valence-electron chi connectivity index (χ1n) is 8.04. The number of hydrogen-bond donors (Lipinski definition) is 0. The number of methoxy groups -OCH3 is 1. The molecular weight excluding hydrogens is 336 g/mol. The van der Waals surface area contributed by atoms with E-state index >= 15 is 0 Å². The van der Waals surface area contributed by atoms with Crippen LogP contribution < -0.4 is 0 Å². The van der Waals surface area contributed by atoms with E-state index in [1.165, 1.54) is 31.4 Å². The average molecular weight is 356 g/mol. The van der Waals surface area contributed by atoms with Crippen molar-refractivity contribution in [2.45, 2.75) is 20.0 Å². The lowest BCUT2D eigenvalue weighted by Gasteiger charge is -2.14. The number of carbonyl (C=O) groups is 3. The van der Waals surface area contributed by atoms with Crippen LogP contribution in [-0.4, -0.2) is 37.7 Å². The van der Waals surface area contributed by atoms with Crippen LogP contribution in [0.2, 0.25) is 0 Å². The molecule has 26 heavy (non-hydrogen) atoms. The quantitative estimate of drug-likeness (QED) is 0.584. The molecule has 0 spiro atoms. The Kier molecular flexibility index (Phi) is 6.49. The zero-order valence-electron chi connectivity index (χ0n) is 14.9. The molecule has 1 atom stereocenters. The van der Waals surface area contributed by atoms with Gasteiger partial charge in [0.25, 0.3) is 0 Å². The summed E-state index contributed by atoms with van der Waals surface area (Å²) in [6, 6.07) is 12.9. The molecule has 6 heteroatoms. The van der Waals surface area contributed by atoms with Gasteiger partial charge in [0.1, 0.15) is 12.7 Å². The summed E-state index contributed by atoms with van der Waals surface area (Å²) < 4.78 is 15.0. The van der Waals surface area contributed by atoms with Gasteiger partial charge in [0.2, 0.25) is 0 Å². The van der Waals surface area contributed by atoms with Gasteiger partial charge in [-0.1, -0.05) is 17.7 Å². The van der Waals surface area contributed by atoms with E-state index in [1.54, 1.807) is 19.1 Å². The smallest absolute Gasteiger partial charge is 0.338 e. The molecule has 2 aromatic rings. The van der Waals surface area contributed by atoms with Crippen molar-refractivity contribution in [2.24, 2.45) is 0 Å². The molecule has 0 fully saturated rings. The highest BCUT2D eigenvalue weighted by molar-refractivity contribution is 5.93. The second-order valence-corrected chi connectivity index (χ2v) is 5.75. The molecule has 0 aromatic heterocycles. The lowest BCUT2D eigenvalue weighted by Crippen LogP contribution is -2.22. The number of esters is 3. The molecule has 0 amide bonds. The van der Waals surface area contributed by atoms with Gasteiger partial charge >= 0.3 is 17.9 Å². The zero-order valence-corrected chi connectivity index (χ0v) is 14.9. The van der Waals surface area contributed by atoms with Gasteiger partial charge < -0.3 is 14.2 Å². The molecule has 0 heterocycles. The molecule has 0 N–H and O–H groups in total. The second-order valence-electron chi connectivity index (χ2n) is 5.75. The Morgan fingerprint density at radius 1 is 0.808 bits per heavy atom. The summed E-state index contributed by atoms with van der Waals surface area (Å²) in [7, 11) is 1.28. The summed E-state index contributed by atoms with van der Waals surface area (Å²) in [6.07, 6.45) is -0.614. The SMILES string of the molecule is COC(=O)c1ccc(C(=O)OC(C)COC(=O)c2ccc(C)cc2)cc1. The number of aryl methyl sites for hydroxylation is 1. The minimum atomic E-state index is -0.614. The summed E-state index contributed by atoms with van der Waals surface area (Å²) in [5.74, 6) is -1.53. The van der Waals surface area contributed by atoms with E-state index in [0.717, 1.165) is 5.56 Å². The van der Waals surface area contributed by atoms with Crippen molar-refractivity contribution in [3.63, 3.8) is 0 Å². The van der Waals surface area contributed by atoms with Crippen LogP contribution in [0.15, 0.2) is 48.5 Å². The number of rotatable bonds is 6. The van der Waals surface area contributed by atoms with E-state index in [4.69, 9.17) is 9.47 Å². The third kappa shape index (κ3) is 5.17. The summed E-state index contributed by atoms with van der Waals surface area (Å²) in [6.45, 7) is 3.50. The molecule has 0 saturated heterocycles. The van der Waals surface area contributed by atoms with Gasteiger partial charge in [-0.2, -0.15) is 0 Å². The van der Waals surface area contributed by atoms with Gasteiger partial charge in [-0.05, 0) is 50.2 Å². The number of ether oxygens (including phenoxy) is 3. The number of benzene rings is 2. The van der Waals surface area contributed by atoms with Gasteiger partial charge in [-0.3, -0.25) is 0 Å². The molecule has 0 aliphatic rings. The van der Waals surface area contributed by atoms with Crippen LogP contribution in [0.4, 0.5) is 0 Å². The van der Waals surface area contributed by atoms with Crippen LogP contribution in [0.5, 0.6) is 0 Å². The maximum absolute atomic E-state index is 12.1. The predicted octanol–water partition coefficient (Wildman–Crippen LogP) is 3.18. The van der Waals surface area contributed by atoms with Gasteiger partial charge in [-0.25, -0.2) is 14.4 Å². The molecule has 0 radical (unpaired) electrons. The minimum Gasteiger partial charge on any atom is -0.465 e. The van der Waals surface area contributed by atoms with Crippen molar-refractivity contribution in [3.8, 4) is 0 Å². The summed E-state index contributed by atoms with van der Waals surface area (Å²) in [5, 5.41) is 0. The Morgan fingerprint density at radius 3 is 1.81 bits per heavy atom. The Hall–Kier alpha value is -3.15. The molecule has 2 rings (SSSR count). The summed E-state index contributed by atoms with van der Waals surface area (Å²) in [5.41, 5.74) is 2.10. The van der Waals surface area contributed by atoms with E-state index in [-0.39, 0.29) is 12.2 Å². The van der Waals surface area contributed by atoms with E-state index in [2.05, 4.69) is 4.74 Å². The fourth-order valence-electron chi connectivity index (χ4n) is 2.11. The standard InChI is InChI=1S/C20H20O6/c1-13-4-6-16(7-5-13)19(22)25-12-14(2)26-20(23)17-10-8-15(9-11-17)18(21)24-3/h4-11,14H,12H2,1-3H3. The second kappa shape index (κ2) is 8.80. The van der Waals surface area contributed by atoms with E-state index in [9.17, 15) is 14.4 Å². The number of carbonyl (C=O) groups excluding carboxylic acids is 3. The zero-order chi connectivity index (χ0) is 19.1. The monoisotopic (exact) mass is 356 g/mol. The third-order valence-electron chi connectivity index (χ3n) is 3.59. The molecule has 136 valence electrons. The largest absolute Gasteiger partial charge is 0.465 e. The van der Waals surface area contributed by atoms with Crippen molar-refractivity contribution >= 4 is 17.9 Å². The molecular formula is C20H20O6. The van der Waals surface area contributed by atoms with Crippen LogP contribution in [-0.2, 0) is 14.2 Å². The molecule has 0 bridgehead atoms. The van der Waals surface area contributed by atoms with Crippen molar-refractivity contribution in [2.75, 3.05) is 13.7 Å². The number of hydrogen-bond acceptors (Lipinski definition) is 6. The normalized spacial score (nSPS) is 11.3. The summed E-state index contributed by atoms with van der Waals surface area (Å²) >= 11 is 0. The van der Waals surface area contributed by atoms with Crippen molar-refractivity contribution in [1.82, 2.24) is 0 Å². The Labute approximate surface area is 151 Å². The molecule has 0 aliphatic carbocycles. The minimum absolute atomic E-state index is 0.0569. The average Bonchev–Trinajstić information content (AvgIpc) is 2.66. The Morgan fingerprint density at radius 2 is 1.27 bits per heavy atom. The molecule has 2 aromatic carbocycles. The van der Waals surface area contributed by atoms with E-state index in [0.29, 0.717) is 11.1 Å². The first kappa shape index (κ1) is 19.2. The maximum atomic E-state index is 12.1. The Balaban J connectivity index is 1.85. The van der Waals surface area contributed by atoms with Crippen molar-refractivity contribution in [1.29, 1.82) is 0 Å². The highest BCUT2D eigenvalue weighted by Crippen LogP contribution is 2.10. The van der Waals surface area contributed by atoms with Crippen LogP contribution in [0, 0.1) is 6.92 Å². The molecule has 0 aliphatic heterocycles. The molecule has 6 nitrogen and oxygen atoms in total. The van der Waals surface area contributed by atoms with E-state index in [1.807, 2.05) is 19.1 Å². The highest BCUT2D eigenvalue weighted by atomic mass is 16.6. The molecule has 1 unspecified atom stereocenters. The first-order valence-corrected chi connectivity index (χ1v) is 8.04. The lowest BCUT2D eigenvalue weighted by atomic mass is 10.1. The van der Waals surface area contributed by atoms with Crippen molar-refractivity contribution < 1.29 is 28.6 Å². The van der Waals surface area contributed by atoms with Crippen LogP contribution in [0.1, 0.15) is 43.6 Å². The van der Waals surface area contributed by atoms with Gasteiger partial charge in [-0.15, -0.1) is 0 Å².